The summed E-state index contributed by atoms with van der Waals surface area (Å²) < 4.78 is 0. The third-order valence-corrected chi connectivity index (χ3v) is 4.04. The fourth-order valence-electron chi connectivity index (χ4n) is 2.67. The van der Waals surface area contributed by atoms with Crippen molar-refractivity contribution >= 4 is 28.9 Å². The molecule has 1 aliphatic heterocycles. The number of nitrogens with zero attached hydrogens (tertiary/aromatic N) is 3. The van der Waals surface area contributed by atoms with Gasteiger partial charge in [0.15, 0.2) is 10.3 Å². The smallest absolute Gasteiger partial charge is 0.175 e. The van der Waals surface area contributed by atoms with E-state index < -0.39 is 0 Å². The molecule has 2 heterocycles. The molecule has 0 aromatic carbocycles. The second kappa shape index (κ2) is 6.58. The van der Waals surface area contributed by atoms with E-state index in [-0.39, 0.29) is 0 Å². The molecule has 0 bridgehead atoms. The summed E-state index contributed by atoms with van der Waals surface area (Å²) in [5.74, 6) is 0.851. The first kappa shape index (κ1) is 13.9. The van der Waals surface area contributed by atoms with Crippen LogP contribution >= 0.6 is 23.2 Å². The van der Waals surface area contributed by atoms with Crippen LogP contribution in [0, 0.1) is 5.92 Å². The Labute approximate surface area is 118 Å². The Bertz CT molecular complexity index is 398. The molecule has 1 aromatic heterocycles. The molecular weight excluding hydrogens is 269 g/mol. The molecule has 0 amide bonds. The van der Waals surface area contributed by atoms with Gasteiger partial charge in [0.05, 0.1) is 5.69 Å². The van der Waals surface area contributed by atoms with E-state index in [1.165, 1.54) is 32.1 Å². The summed E-state index contributed by atoms with van der Waals surface area (Å²) in [6.45, 7) is 4.32. The Kier molecular flexibility index (Phi) is 5.07. The van der Waals surface area contributed by atoms with E-state index in [9.17, 15) is 0 Å². The van der Waals surface area contributed by atoms with Crippen molar-refractivity contribution in [2.75, 3.05) is 18.0 Å². The molecule has 3 nitrogen and oxygen atoms in total. The fourth-order valence-corrected chi connectivity index (χ4v) is 3.02. The Balaban J connectivity index is 2.07. The van der Waals surface area contributed by atoms with Crippen LogP contribution in [-0.4, -0.2) is 23.3 Å². The molecule has 0 aliphatic carbocycles. The molecule has 1 atom stereocenters. The predicted molar refractivity (Wildman–Crippen MR) is 76.5 cm³/mol. The van der Waals surface area contributed by atoms with Crippen molar-refractivity contribution in [3.05, 3.63) is 16.4 Å². The SMILES string of the molecule is CCCC1CCCN(c2cc(Cl)nnc2Cl)CC1. The highest BCUT2D eigenvalue weighted by atomic mass is 35.5. The van der Waals surface area contributed by atoms with Gasteiger partial charge in [-0.1, -0.05) is 43.0 Å². The highest BCUT2D eigenvalue weighted by Gasteiger charge is 2.19. The first-order valence-electron chi connectivity index (χ1n) is 6.64. The lowest BCUT2D eigenvalue weighted by molar-refractivity contribution is 0.435. The number of aromatic nitrogens is 2. The second-order valence-corrected chi connectivity index (χ2v) is 5.66. The van der Waals surface area contributed by atoms with Crippen LogP contribution in [-0.2, 0) is 0 Å². The minimum atomic E-state index is 0.406. The molecule has 5 heteroatoms. The minimum Gasteiger partial charge on any atom is -0.369 e. The molecule has 18 heavy (non-hydrogen) atoms. The lowest BCUT2D eigenvalue weighted by Gasteiger charge is -2.23. The molecule has 1 unspecified atom stereocenters. The normalized spacial score (nSPS) is 20.8. The first-order valence-corrected chi connectivity index (χ1v) is 7.40. The highest BCUT2D eigenvalue weighted by Crippen LogP contribution is 2.29. The number of anilines is 1. The molecule has 100 valence electrons. The van der Waals surface area contributed by atoms with E-state index in [2.05, 4.69) is 22.0 Å². The summed E-state index contributed by atoms with van der Waals surface area (Å²) >= 11 is 12.0. The Morgan fingerprint density at radius 3 is 2.89 bits per heavy atom. The average Bonchev–Trinajstić information content (AvgIpc) is 2.58. The van der Waals surface area contributed by atoms with Gasteiger partial charge in [0.25, 0.3) is 0 Å². The van der Waals surface area contributed by atoms with Gasteiger partial charge in [-0.05, 0) is 25.2 Å². The van der Waals surface area contributed by atoms with Crippen LogP contribution in [0.2, 0.25) is 10.3 Å². The van der Waals surface area contributed by atoms with Gasteiger partial charge in [0, 0.05) is 19.2 Å². The summed E-state index contributed by atoms with van der Waals surface area (Å²) in [6, 6.07) is 1.82. The molecule has 0 N–H and O–H groups in total. The van der Waals surface area contributed by atoms with Crippen LogP contribution < -0.4 is 4.90 Å². The molecule has 2 rings (SSSR count). The van der Waals surface area contributed by atoms with Crippen molar-refractivity contribution < 1.29 is 0 Å². The third kappa shape index (κ3) is 3.48. The first-order chi connectivity index (χ1) is 8.70. The van der Waals surface area contributed by atoms with Crippen LogP contribution in [0.3, 0.4) is 0 Å². The van der Waals surface area contributed by atoms with Crippen LogP contribution in [0.4, 0.5) is 5.69 Å². The van der Waals surface area contributed by atoms with Crippen molar-refractivity contribution in [3.8, 4) is 0 Å². The highest BCUT2D eigenvalue weighted by molar-refractivity contribution is 6.33. The van der Waals surface area contributed by atoms with Crippen molar-refractivity contribution in [3.63, 3.8) is 0 Å². The number of halogens is 2. The van der Waals surface area contributed by atoms with Crippen molar-refractivity contribution in [2.45, 2.75) is 39.0 Å². The average molecular weight is 288 g/mol. The molecule has 0 spiro atoms. The summed E-state index contributed by atoms with van der Waals surface area (Å²) in [6.07, 6.45) is 6.35. The molecular formula is C13H19Cl2N3. The maximum absolute atomic E-state index is 6.11. The van der Waals surface area contributed by atoms with Crippen molar-refractivity contribution in [1.29, 1.82) is 0 Å². The van der Waals surface area contributed by atoms with Gasteiger partial charge >= 0.3 is 0 Å². The molecule has 1 fully saturated rings. The zero-order valence-corrected chi connectivity index (χ0v) is 12.2. The molecule has 0 radical (unpaired) electrons. The van der Waals surface area contributed by atoms with E-state index in [0.717, 1.165) is 24.7 Å². The van der Waals surface area contributed by atoms with Crippen LogP contribution in [0.15, 0.2) is 6.07 Å². The number of hydrogen-bond donors (Lipinski definition) is 0. The molecule has 1 saturated heterocycles. The van der Waals surface area contributed by atoms with Crippen molar-refractivity contribution in [1.82, 2.24) is 10.2 Å². The topological polar surface area (TPSA) is 29.0 Å². The van der Waals surface area contributed by atoms with Gasteiger partial charge in [-0.3, -0.25) is 0 Å². The standard InChI is InChI=1S/C13H19Cl2N3/c1-2-4-10-5-3-7-18(8-6-10)11-9-12(14)16-17-13(11)15/h9-10H,2-8H2,1H3. The zero-order valence-electron chi connectivity index (χ0n) is 10.7. The summed E-state index contributed by atoms with van der Waals surface area (Å²) in [4.78, 5) is 2.29. The molecule has 0 saturated carbocycles. The summed E-state index contributed by atoms with van der Waals surface area (Å²) in [5, 5.41) is 8.50. The number of rotatable bonds is 3. The van der Waals surface area contributed by atoms with E-state index >= 15 is 0 Å². The van der Waals surface area contributed by atoms with E-state index in [4.69, 9.17) is 23.2 Å². The van der Waals surface area contributed by atoms with Crippen molar-refractivity contribution in [2.24, 2.45) is 5.92 Å². The van der Waals surface area contributed by atoms with Gasteiger partial charge in [-0.2, -0.15) is 0 Å². The van der Waals surface area contributed by atoms with Gasteiger partial charge in [-0.25, -0.2) is 0 Å². The quantitative estimate of drug-likeness (QED) is 0.835. The maximum Gasteiger partial charge on any atom is 0.175 e. The van der Waals surface area contributed by atoms with Crippen LogP contribution in [0.5, 0.6) is 0 Å². The van der Waals surface area contributed by atoms with Gasteiger partial charge in [-0.15, -0.1) is 10.2 Å². The fraction of sp³-hybridized carbons (Fsp3) is 0.692. The van der Waals surface area contributed by atoms with Crippen LogP contribution in [0.1, 0.15) is 39.0 Å². The molecule has 1 aromatic rings. The van der Waals surface area contributed by atoms with Gasteiger partial charge in [0.1, 0.15) is 0 Å². The minimum absolute atomic E-state index is 0.406. The summed E-state index contributed by atoms with van der Waals surface area (Å²) in [5.41, 5.74) is 0.925. The summed E-state index contributed by atoms with van der Waals surface area (Å²) in [7, 11) is 0. The Morgan fingerprint density at radius 2 is 2.11 bits per heavy atom. The Morgan fingerprint density at radius 1 is 1.28 bits per heavy atom. The van der Waals surface area contributed by atoms with E-state index in [1.807, 2.05) is 6.07 Å². The predicted octanol–water partition coefficient (Wildman–Crippen LogP) is 4.19. The lowest BCUT2D eigenvalue weighted by atomic mass is 9.96. The lowest BCUT2D eigenvalue weighted by Crippen LogP contribution is -2.25. The largest absolute Gasteiger partial charge is 0.369 e. The third-order valence-electron chi connectivity index (χ3n) is 3.59. The second-order valence-electron chi connectivity index (χ2n) is 4.92. The van der Waals surface area contributed by atoms with Crippen LogP contribution in [0.25, 0.3) is 0 Å². The Hall–Kier alpha value is -0.540. The zero-order chi connectivity index (χ0) is 13.0. The maximum atomic E-state index is 6.11. The van der Waals surface area contributed by atoms with E-state index in [1.54, 1.807) is 0 Å². The number of hydrogen-bond acceptors (Lipinski definition) is 3. The van der Waals surface area contributed by atoms with Gasteiger partial charge < -0.3 is 4.90 Å². The molecule has 1 aliphatic rings. The van der Waals surface area contributed by atoms with Gasteiger partial charge in [0.2, 0.25) is 0 Å². The monoisotopic (exact) mass is 287 g/mol. The van der Waals surface area contributed by atoms with E-state index in [0.29, 0.717) is 10.3 Å².